The number of rotatable bonds is 6. The Bertz CT molecular complexity index is 1020. The third-order valence-corrected chi connectivity index (χ3v) is 5.18. The van der Waals surface area contributed by atoms with Crippen molar-refractivity contribution in [3.8, 4) is 11.6 Å². The fourth-order valence-corrected chi connectivity index (χ4v) is 3.66. The van der Waals surface area contributed by atoms with E-state index in [4.69, 9.17) is 10.5 Å². The molecule has 8 heteroatoms. The summed E-state index contributed by atoms with van der Waals surface area (Å²) in [6.07, 6.45) is 1.50. The van der Waals surface area contributed by atoms with Gasteiger partial charge in [-0.15, -0.1) is 11.3 Å². The van der Waals surface area contributed by atoms with E-state index in [2.05, 4.69) is 10.3 Å². The average molecular weight is 385 g/mol. The minimum absolute atomic E-state index is 0.0783. The van der Waals surface area contributed by atoms with Crippen molar-refractivity contribution in [2.45, 2.75) is 26.5 Å². The molecule has 7 nitrogen and oxygen atoms in total. The third kappa shape index (κ3) is 4.01. The summed E-state index contributed by atoms with van der Waals surface area (Å²) in [5.74, 6) is -0.473. The molecule has 0 aliphatic rings. The topological polar surface area (TPSA) is 115 Å². The molecule has 3 rings (SSSR count). The normalized spacial score (nSPS) is 11.9. The molecule has 0 unspecified atom stereocenters. The van der Waals surface area contributed by atoms with Gasteiger partial charge < -0.3 is 20.9 Å². The minimum atomic E-state index is -0.764. The van der Waals surface area contributed by atoms with Crippen molar-refractivity contribution in [1.82, 2.24) is 10.3 Å². The van der Waals surface area contributed by atoms with Crippen LogP contribution in [0, 0.1) is 6.92 Å². The lowest BCUT2D eigenvalue weighted by atomic mass is 10.1. The van der Waals surface area contributed by atoms with Crippen molar-refractivity contribution in [3.63, 3.8) is 0 Å². The number of carbonyl (C=O) groups is 2. The van der Waals surface area contributed by atoms with Gasteiger partial charge in [0.25, 0.3) is 5.91 Å². The van der Waals surface area contributed by atoms with Gasteiger partial charge in [0, 0.05) is 21.2 Å². The van der Waals surface area contributed by atoms with Gasteiger partial charge in [0.05, 0.1) is 11.1 Å². The number of hydrogen-bond acceptors (Lipinski definition) is 6. The molecule has 0 saturated carbocycles. The first kappa shape index (κ1) is 18.7. The smallest absolute Gasteiger partial charge is 0.253 e. The van der Waals surface area contributed by atoms with Crippen LogP contribution in [0.4, 0.5) is 0 Å². The molecule has 2 amide bonds. The number of aromatic nitrogens is 1. The quantitative estimate of drug-likeness (QED) is 0.603. The first-order chi connectivity index (χ1) is 12.9. The second-order valence-electron chi connectivity index (χ2n) is 6.06. The van der Waals surface area contributed by atoms with Gasteiger partial charge in [0.15, 0.2) is 0 Å². The van der Waals surface area contributed by atoms with Crippen LogP contribution < -0.4 is 15.8 Å². The Hall–Kier alpha value is -3.13. The van der Waals surface area contributed by atoms with Gasteiger partial charge in [-0.2, -0.15) is 0 Å². The molecule has 1 atom stereocenters. The number of benzene rings is 1. The van der Waals surface area contributed by atoms with E-state index >= 15 is 0 Å². The van der Waals surface area contributed by atoms with Gasteiger partial charge in [-0.25, -0.2) is 4.98 Å². The third-order valence-electron chi connectivity index (χ3n) is 4.10. The molecule has 0 fully saturated rings. The lowest BCUT2D eigenvalue weighted by Gasteiger charge is -2.11. The van der Waals surface area contributed by atoms with E-state index in [1.165, 1.54) is 17.5 Å². The maximum Gasteiger partial charge on any atom is 0.253 e. The van der Waals surface area contributed by atoms with Crippen LogP contribution in [0.15, 0.2) is 36.5 Å². The Labute approximate surface area is 159 Å². The van der Waals surface area contributed by atoms with Gasteiger partial charge in [0.2, 0.25) is 11.8 Å². The summed E-state index contributed by atoms with van der Waals surface area (Å²) >= 11 is 1.49. The highest BCUT2D eigenvalue weighted by atomic mass is 32.1. The summed E-state index contributed by atoms with van der Waals surface area (Å²) in [6, 6.07) is 8.13. The number of thiophene rings is 1. The van der Waals surface area contributed by atoms with Gasteiger partial charge in [0.1, 0.15) is 18.4 Å². The van der Waals surface area contributed by atoms with Crippen LogP contribution in [0.3, 0.4) is 0 Å². The molecule has 0 radical (unpaired) electrons. The Balaban J connectivity index is 1.87. The summed E-state index contributed by atoms with van der Waals surface area (Å²) < 4.78 is 6.67. The molecule has 0 aliphatic carbocycles. The molecule has 0 spiro atoms. The van der Waals surface area contributed by atoms with E-state index in [0.29, 0.717) is 16.9 Å². The number of nitrogens with two attached hydrogens (primary N) is 1. The number of carbonyl (C=O) groups excluding carboxylic acids is 2. The van der Waals surface area contributed by atoms with Gasteiger partial charge >= 0.3 is 0 Å². The van der Waals surface area contributed by atoms with Crippen LogP contribution in [-0.2, 0) is 11.4 Å². The Morgan fingerprint density at radius 2 is 2.15 bits per heavy atom. The van der Waals surface area contributed by atoms with Crippen LogP contribution >= 0.6 is 11.3 Å². The predicted octanol–water partition coefficient (Wildman–Crippen LogP) is 2.49. The second kappa shape index (κ2) is 7.63. The number of hydrogen-bond donors (Lipinski definition) is 3. The molecular weight excluding hydrogens is 366 g/mol. The number of primary amides is 1. The highest BCUT2D eigenvalue weighted by Gasteiger charge is 2.20. The van der Waals surface area contributed by atoms with Crippen LogP contribution in [0.25, 0.3) is 10.1 Å². The summed E-state index contributed by atoms with van der Waals surface area (Å²) in [6.45, 7) is 3.54. The van der Waals surface area contributed by atoms with Crippen molar-refractivity contribution >= 4 is 33.2 Å². The molecule has 2 heterocycles. The van der Waals surface area contributed by atoms with Crippen LogP contribution in [0.1, 0.15) is 27.7 Å². The van der Waals surface area contributed by atoms with Crippen molar-refractivity contribution < 1.29 is 19.4 Å². The van der Waals surface area contributed by atoms with Gasteiger partial charge in [-0.3, -0.25) is 9.59 Å². The lowest BCUT2D eigenvalue weighted by molar-refractivity contribution is -0.119. The Morgan fingerprint density at radius 3 is 2.85 bits per heavy atom. The average Bonchev–Trinajstić information content (AvgIpc) is 2.96. The fraction of sp³-hybridized carbons (Fsp3) is 0.211. The number of fused-ring (bicyclic) bond motifs is 1. The summed E-state index contributed by atoms with van der Waals surface area (Å²) in [5, 5.41) is 13.1. The molecule has 4 N–H and O–H groups in total. The predicted molar refractivity (Wildman–Crippen MR) is 103 cm³/mol. The number of ether oxygens (including phenoxy) is 1. The Kier molecular flexibility index (Phi) is 5.27. The SMILES string of the molecule is Cc1sc2ccc(OCc3cccnc3O)cc2c1C(=O)N[C@@H](C)C(N)=O. The molecule has 2 aromatic heterocycles. The molecular formula is C19H19N3O4S. The van der Waals surface area contributed by atoms with E-state index in [-0.39, 0.29) is 18.4 Å². The molecule has 0 aliphatic heterocycles. The summed E-state index contributed by atoms with van der Waals surface area (Å²) in [4.78, 5) is 28.5. The van der Waals surface area contributed by atoms with Crippen LogP contribution in [-0.4, -0.2) is 27.9 Å². The second-order valence-corrected chi connectivity index (χ2v) is 7.32. The maximum absolute atomic E-state index is 12.6. The Morgan fingerprint density at radius 1 is 1.37 bits per heavy atom. The number of aryl methyl sites for hydroxylation is 1. The molecule has 3 aromatic rings. The number of aromatic hydroxyl groups is 1. The lowest BCUT2D eigenvalue weighted by Crippen LogP contribution is -2.42. The monoisotopic (exact) mass is 385 g/mol. The largest absolute Gasteiger partial charge is 0.493 e. The highest BCUT2D eigenvalue weighted by Crippen LogP contribution is 2.33. The van der Waals surface area contributed by atoms with E-state index in [9.17, 15) is 14.7 Å². The zero-order valence-electron chi connectivity index (χ0n) is 14.9. The standard InChI is InChI=1S/C19H19N3O4S/c1-10(17(20)23)22-19(25)16-11(2)27-15-6-5-13(8-14(15)16)26-9-12-4-3-7-21-18(12)24/h3-8,10H,9H2,1-2H3,(H2,20,23)(H,21,24)(H,22,25)/t10-/m0/s1. The van der Waals surface area contributed by atoms with Crippen molar-refractivity contribution in [2.75, 3.05) is 0 Å². The van der Waals surface area contributed by atoms with Crippen molar-refractivity contribution in [2.24, 2.45) is 5.73 Å². The van der Waals surface area contributed by atoms with Crippen molar-refractivity contribution in [3.05, 3.63) is 52.5 Å². The number of nitrogens with zero attached hydrogens (tertiary/aromatic N) is 1. The molecule has 0 saturated heterocycles. The van der Waals surface area contributed by atoms with Crippen molar-refractivity contribution in [1.29, 1.82) is 0 Å². The highest BCUT2D eigenvalue weighted by molar-refractivity contribution is 7.19. The number of nitrogens with one attached hydrogen (secondary N) is 1. The molecule has 140 valence electrons. The summed E-state index contributed by atoms with van der Waals surface area (Å²) in [5.41, 5.74) is 6.28. The minimum Gasteiger partial charge on any atom is -0.493 e. The van der Waals surface area contributed by atoms with E-state index in [1.807, 2.05) is 13.0 Å². The molecule has 1 aromatic carbocycles. The van der Waals surface area contributed by atoms with Crippen LogP contribution in [0.5, 0.6) is 11.6 Å². The number of pyridine rings is 1. The summed E-state index contributed by atoms with van der Waals surface area (Å²) in [7, 11) is 0. The number of amides is 2. The first-order valence-electron chi connectivity index (χ1n) is 8.26. The molecule has 27 heavy (non-hydrogen) atoms. The van der Waals surface area contributed by atoms with E-state index < -0.39 is 11.9 Å². The zero-order chi connectivity index (χ0) is 19.6. The fourth-order valence-electron chi connectivity index (χ4n) is 2.62. The molecule has 0 bridgehead atoms. The first-order valence-corrected chi connectivity index (χ1v) is 9.07. The van der Waals surface area contributed by atoms with Gasteiger partial charge in [-0.05, 0) is 44.2 Å². The van der Waals surface area contributed by atoms with Crippen LogP contribution in [0.2, 0.25) is 0 Å². The maximum atomic E-state index is 12.6. The van der Waals surface area contributed by atoms with E-state index in [1.54, 1.807) is 31.2 Å². The van der Waals surface area contributed by atoms with Gasteiger partial charge in [-0.1, -0.05) is 0 Å². The zero-order valence-corrected chi connectivity index (χ0v) is 15.7. The van der Waals surface area contributed by atoms with E-state index in [0.717, 1.165) is 15.0 Å².